The second-order valence-electron chi connectivity index (χ2n) is 7.53. The van der Waals surface area contributed by atoms with E-state index in [4.69, 9.17) is 18.9 Å². The van der Waals surface area contributed by atoms with Gasteiger partial charge in [-0.05, 0) is 61.9 Å². The standard InChI is InChI=1S/C25H28FNO6S/c1-16-7-10-20(15-22(16)26)34(28,29)27(18-8-11-24(32-5)25(13-18)33-6)17(2)21-14-19(30-3)9-12-23(21)31-4/h7-15,17H,1-6H3/t17-/m1/s1. The first kappa shape index (κ1) is 25.2. The van der Waals surface area contributed by atoms with E-state index in [0.29, 0.717) is 39.8 Å². The minimum atomic E-state index is -4.23. The van der Waals surface area contributed by atoms with Gasteiger partial charge >= 0.3 is 0 Å². The van der Waals surface area contributed by atoms with Crippen molar-refractivity contribution in [3.8, 4) is 23.0 Å². The number of sulfonamides is 1. The van der Waals surface area contributed by atoms with Gasteiger partial charge in [0.15, 0.2) is 11.5 Å². The third-order valence-electron chi connectivity index (χ3n) is 5.56. The van der Waals surface area contributed by atoms with Crippen LogP contribution in [0.5, 0.6) is 23.0 Å². The molecule has 1 atom stereocenters. The van der Waals surface area contributed by atoms with Crippen molar-refractivity contribution in [1.29, 1.82) is 0 Å². The molecule has 34 heavy (non-hydrogen) atoms. The summed E-state index contributed by atoms with van der Waals surface area (Å²) in [6, 6.07) is 13.0. The third kappa shape index (κ3) is 4.75. The summed E-state index contributed by atoms with van der Waals surface area (Å²) in [6.07, 6.45) is 0. The van der Waals surface area contributed by atoms with E-state index < -0.39 is 21.9 Å². The molecular weight excluding hydrogens is 461 g/mol. The van der Waals surface area contributed by atoms with Crippen molar-refractivity contribution < 1.29 is 31.8 Å². The zero-order valence-electron chi connectivity index (χ0n) is 20.0. The Balaban J connectivity index is 2.27. The Bertz CT molecular complexity index is 1280. The Morgan fingerprint density at radius 3 is 2.03 bits per heavy atom. The van der Waals surface area contributed by atoms with Gasteiger partial charge in [0.2, 0.25) is 0 Å². The van der Waals surface area contributed by atoms with Gasteiger partial charge in [0.1, 0.15) is 17.3 Å². The quantitative estimate of drug-likeness (QED) is 0.415. The molecule has 0 unspecified atom stereocenters. The van der Waals surface area contributed by atoms with Crippen molar-refractivity contribution >= 4 is 15.7 Å². The summed E-state index contributed by atoms with van der Waals surface area (Å²) in [6.45, 7) is 3.29. The predicted molar refractivity (Wildman–Crippen MR) is 128 cm³/mol. The van der Waals surface area contributed by atoms with Crippen LogP contribution < -0.4 is 23.3 Å². The molecule has 7 nitrogen and oxygen atoms in total. The van der Waals surface area contributed by atoms with E-state index in [0.717, 1.165) is 6.07 Å². The fourth-order valence-electron chi connectivity index (χ4n) is 3.67. The van der Waals surface area contributed by atoms with Crippen molar-refractivity contribution in [2.75, 3.05) is 32.7 Å². The Morgan fingerprint density at radius 2 is 1.44 bits per heavy atom. The van der Waals surface area contributed by atoms with Crippen LogP contribution in [0.3, 0.4) is 0 Å². The van der Waals surface area contributed by atoms with E-state index in [-0.39, 0.29) is 4.90 Å². The Morgan fingerprint density at radius 1 is 0.794 bits per heavy atom. The highest BCUT2D eigenvalue weighted by Gasteiger charge is 2.33. The lowest BCUT2D eigenvalue weighted by Gasteiger charge is -2.32. The number of rotatable bonds is 9. The van der Waals surface area contributed by atoms with Gasteiger partial charge in [-0.25, -0.2) is 12.8 Å². The minimum Gasteiger partial charge on any atom is -0.497 e. The number of nitrogens with zero attached hydrogens (tertiary/aromatic N) is 1. The first-order valence-corrected chi connectivity index (χ1v) is 11.9. The highest BCUT2D eigenvalue weighted by atomic mass is 32.2. The lowest BCUT2D eigenvalue weighted by atomic mass is 10.1. The molecule has 0 fully saturated rings. The van der Waals surface area contributed by atoms with Gasteiger partial charge in [-0.2, -0.15) is 0 Å². The monoisotopic (exact) mass is 489 g/mol. The molecule has 0 saturated heterocycles. The maximum absolute atomic E-state index is 14.4. The predicted octanol–water partition coefficient (Wildman–Crippen LogP) is 5.13. The van der Waals surface area contributed by atoms with Crippen LogP contribution in [0.4, 0.5) is 10.1 Å². The first-order valence-electron chi connectivity index (χ1n) is 10.4. The fourth-order valence-corrected chi connectivity index (χ4v) is 5.31. The summed E-state index contributed by atoms with van der Waals surface area (Å²) in [4.78, 5) is -0.181. The fraction of sp³-hybridized carbons (Fsp3) is 0.280. The van der Waals surface area contributed by atoms with E-state index in [1.54, 1.807) is 50.2 Å². The molecule has 182 valence electrons. The van der Waals surface area contributed by atoms with E-state index in [1.807, 2.05) is 0 Å². The van der Waals surface area contributed by atoms with Crippen LogP contribution in [0, 0.1) is 12.7 Å². The van der Waals surface area contributed by atoms with Crippen LogP contribution in [0.25, 0.3) is 0 Å². The summed E-state index contributed by atoms with van der Waals surface area (Å²) in [5, 5.41) is 0. The SMILES string of the molecule is COc1ccc(OC)c([C@@H](C)N(c2ccc(OC)c(OC)c2)S(=O)(=O)c2ccc(C)c(F)c2)c1. The van der Waals surface area contributed by atoms with E-state index in [9.17, 15) is 12.8 Å². The molecule has 3 aromatic carbocycles. The largest absolute Gasteiger partial charge is 0.497 e. The molecule has 0 heterocycles. The van der Waals surface area contributed by atoms with Gasteiger partial charge in [-0.3, -0.25) is 4.31 Å². The molecule has 0 bridgehead atoms. The number of methoxy groups -OCH3 is 4. The Labute approximate surface area is 199 Å². The lowest BCUT2D eigenvalue weighted by Crippen LogP contribution is -2.34. The first-order chi connectivity index (χ1) is 16.2. The Hall–Kier alpha value is -3.46. The van der Waals surface area contributed by atoms with Crippen molar-refractivity contribution in [2.45, 2.75) is 24.8 Å². The molecule has 0 aliphatic heterocycles. The van der Waals surface area contributed by atoms with Crippen molar-refractivity contribution in [2.24, 2.45) is 0 Å². The lowest BCUT2D eigenvalue weighted by molar-refractivity contribution is 0.355. The highest BCUT2D eigenvalue weighted by Crippen LogP contribution is 2.41. The van der Waals surface area contributed by atoms with Gasteiger partial charge in [0.05, 0.1) is 45.1 Å². The number of halogens is 1. The van der Waals surface area contributed by atoms with Gasteiger partial charge in [0, 0.05) is 11.6 Å². The average molecular weight is 490 g/mol. The summed E-state index contributed by atoms with van der Waals surface area (Å²) >= 11 is 0. The van der Waals surface area contributed by atoms with Crippen LogP contribution in [0.15, 0.2) is 59.5 Å². The number of ether oxygens (including phenoxy) is 4. The van der Waals surface area contributed by atoms with Crippen LogP contribution >= 0.6 is 0 Å². The van der Waals surface area contributed by atoms with E-state index in [2.05, 4.69) is 0 Å². The highest BCUT2D eigenvalue weighted by molar-refractivity contribution is 7.92. The van der Waals surface area contributed by atoms with E-state index >= 15 is 0 Å². The second-order valence-corrected chi connectivity index (χ2v) is 9.35. The van der Waals surface area contributed by atoms with Crippen LogP contribution in [-0.2, 0) is 10.0 Å². The summed E-state index contributed by atoms with van der Waals surface area (Å²) < 4.78 is 65.0. The molecule has 0 radical (unpaired) electrons. The third-order valence-corrected chi connectivity index (χ3v) is 7.46. The van der Waals surface area contributed by atoms with Gasteiger partial charge in [-0.15, -0.1) is 0 Å². The molecule has 9 heteroatoms. The zero-order chi connectivity index (χ0) is 25.0. The smallest absolute Gasteiger partial charge is 0.264 e. The van der Waals surface area contributed by atoms with Crippen molar-refractivity contribution in [3.63, 3.8) is 0 Å². The topological polar surface area (TPSA) is 74.3 Å². The maximum atomic E-state index is 14.4. The zero-order valence-corrected chi connectivity index (χ0v) is 20.8. The molecule has 0 saturated carbocycles. The molecule has 3 rings (SSSR count). The molecule has 0 N–H and O–H groups in total. The van der Waals surface area contributed by atoms with Gasteiger partial charge in [-0.1, -0.05) is 6.07 Å². The van der Waals surface area contributed by atoms with Gasteiger partial charge < -0.3 is 18.9 Å². The number of hydrogen-bond acceptors (Lipinski definition) is 6. The van der Waals surface area contributed by atoms with Gasteiger partial charge in [0.25, 0.3) is 10.0 Å². The molecular formula is C25H28FNO6S. The summed E-state index contributed by atoms with van der Waals surface area (Å²) in [5.74, 6) is 1.19. The molecule has 0 amide bonds. The number of anilines is 1. The number of benzene rings is 3. The average Bonchev–Trinajstić information content (AvgIpc) is 2.84. The summed E-state index contributed by atoms with van der Waals surface area (Å²) in [7, 11) is 1.75. The number of hydrogen-bond donors (Lipinski definition) is 0. The molecule has 3 aromatic rings. The van der Waals surface area contributed by atoms with Crippen molar-refractivity contribution in [3.05, 3.63) is 71.5 Å². The molecule has 0 spiro atoms. The Kier molecular flexibility index (Phi) is 7.56. The maximum Gasteiger partial charge on any atom is 0.264 e. The summed E-state index contributed by atoms with van der Waals surface area (Å²) in [5.41, 5.74) is 1.21. The van der Waals surface area contributed by atoms with Crippen LogP contribution in [0.2, 0.25) is 0 Å². The van der Waals surface area contributed by atoms with Crippen molar-refractivity contribution in [1.82, 2.24) is 0 Å². The molecule has 0 aromatic heterocycles. The second kappa shape index (κ2) is 10.2. The van der Waals surface area contributed by atoms with Crippen LogP contribution in [0.1, 0.15) is 24.1 Å². The number of aryl methyl sites for hydroxylation is 1. The van der Waals surface area contributed by atoms with E-state index in [1.165, 1.54) is 44.9 Å². The normalized spacial score (nSPS) is 12.1. The van der Waals surface area contributed by atoms with Crippen LogP contribution in [-0.4, -0.2) is 36.9 Å². The molecule has 0 aliphatic rings. The molecule has 0 aliphatic carbocycles. The minimum absolute atomic E-state index is 0.181.